The maximum atomic E-state index is 12.4. The van der Waals surface area contributed by atoms with Crippen molar-refractivity contribution in [3.63, 3.8) is 0 Å². The number of carbonyl (C=O) groups excluding carboxylic acids is 2. The number of hydrogen-bond acceptors (Lipinski definition) is 6. The molecule has 0 bridgehead atoms. The van der Waals surface area contributed by atoms with Crippen LogP contribution in [-0.2, 0) is 19.1 Å². The second-order valence-electron chi connectivity index (χ2n) is 5.83. The summed E-state index contributed by atoms with van der Waals surface area (Å²) in [7, 11) is 2.99. The SMILES string of the molecule is CCOC(=O)C(C(=O)OC(C)(C)C)c1ccc(OC)c(OC)c1. The highest BCUT2D eigenvalue weighted by Gasteiger charge is 2.34. The van der Waals surface area contributed by atoms with Crippen molar-refractivity contribution in [2.24, 2.45) is 0 Å². The molecule has 0 aliphatic heterocycles. The van der Waals surface area contributed by atoms with E-state index in [2.05, 4.69) is 0 Å². The zero-order valence-corrected chi connectivity index (χ0v) is 14.5. The van der Waals surface area contributed by atoms with E-state index in [1.807, 2.05) is 0 Å². The van der Waals surface area contributed by atoms with Crippen LogP contribution in [-0.4, -0.2) is 38.4 Å². The number of rotatable bonds is 6. The first kappa shape index (κ1) is 18.8. The third-order valence-corrected chi connectivity index (χ3v) is 2.91. The molecule has 6 heteroatoms. The van der Waals surface area contributed by atoms with Crippen LogP contribution in [0.4, 0.5) is 0 Å². The quantitative estimate of drug-likeness (QED) is 0.592. The molecule has 1 aromatic rings. The van der Waals surface area contributed by atoms with Gasteiger partial charge in [0.05, 0.1) is 20.8 Å². The van der Waals surface area contributed by atoms with Crippen molar-refractivity contribution in [3.05, 3.63) is 23.8 Å². The Bertz CT molecular complexity index is 559. The van der Waals surface area contributed by atoms with E-state index in [-0.39, 0.29) is 6.61 Å². The van der Waals surface area contributed by atoms with Gasteiger partial charge in [-0.15, -0.1) is 0 Å². The van der Waals surface area contributed by atoms with Crippen LogP contribution < -0.4 is 9.47 Å². The molecular formula is C17H24O6. The molecule has 0 saturated heterocycles. The standard InChI is InChI=1S/C17H24O6/c1-7-22-15(18)14(16(19)23-17(2,3)4)11-8-9-12(20-5)13(10-11)21-6/h8-10,14H,7H2,1-6H3. The Morgan fingerprint density at radius 2 is 1.65 bits per heavy atom. The van der Waals surface area contributed by atoms with E-state index in [9.17, 15) is 9.59 Å². The molecule has 1 atom stereocenters. The highest BCUT2D eigenvalue weighted by atomic mass is 16.6. The first-order valence-electron chi connectivity index (χ1n) is 7.35. The highest BCUT2D eigenvalue weighted by Crippen LogP contribution is 2.32. The maximum absolute atomic E-state index is 12.4. The smallest absolute Gasteiger partial charge is 0.325 e. The third kappa shape index (κ3) is 5.16. The minimum absolute atomic E-state index is 0.172. The van der Waals surface area contributed by atoms with Crippen molar-refractivity contribution in [1.29, 1.82) is 0 Å². The number of benzene rings is 1. The minimum atomic E-state index is -1.17. The van der Waals surface area contributed by atoms with E-state index >= 15 is 0 Å². The molecule has 0 spiro atoms. The summed E-state index contributed by atoms with van der Waals surface area (Å²) in [6.07, 6.45) is 0. The van der Waals surface area contributed by atoms with Crippen LogP contribution in [0, 0.1) is 0 Å². The molecule has 0 aliphatic rings. The molecule has 1 aromatic carbocycles. The van der Waals surface area contributed by atoms with Gasteiger partial charge in [-0.3, -0.25) is 9.59 Å². The van der Waals surface area contributed by atoms with Gasteiger partial charge in [-0.1, -0.05) is 6.07 Å². The fourth-order valence-electron chi connectivity index (χ4n) is 1.99. The number of esters is 2. The van der Waals surface area contributed by atoms with Crippen molar-refractivity contribution in [2.45, 2.75) is 39.2 Å². The van der Waals surface area contributed by atoms with E-state index in [1.54, 1.807) is 45.9 Å². The molecule has 23 heavy (non-hydrogen) atoms. The van der Waals surface area contributed by atoms with Gasteiger partial charge in [0.1, 0.15) is 5.60 Å². The van der Waals surface area contributed by atoms with Gasteiger partial charge in [-0.05, 0) is 45.4 Å². The van der Waals surface area contributed by atoms with Gasteiger partial charge in [-0.2, -0.15) is 0 Å². The Hall–Kier alpha value is -2.24. The molecule has 128 valence electrons. The minimum Gasteiger partial charge on any atom is -0.493 e. The summed E-state index contributed by atoms with van der Waals surface area (Å²) in [4.78, 5) is 24.7. The zero-order chi connectivity index (χ0) is 17.6. The number of ether oxygens (including phenoxy) is 4. The molecule has 0 amide bonds. The topological polar surface area (TPSA) is 71.1 Å². The Labute approximate surface area is 136 Å². The van der Waals surface area contributed by atoms with Crippen molar-refractivity contribution in [3.8, 4) is 11.5 Å². The first-order valence-corrected chi connectivity index (χ1v) is 7.35. The van der Waals surface area contributed by atoms with Crippen LogP contribution >= 0.6 is 0 Å². The van der Waals surface area contributed by atoms with Gasteiger partial charge in [0, 0.05) is 0 Å². The number of hydrogen-bond donors (Lipinski definition) is 0. The lowest BCUT2D eigenvalue weighted by Crippen LogP contribution is -2.32. The zero-order valence-electron chi connectivity index (χ0n) is 14.5. The Balaban J connectivity index is 3.24. The van der Waals surface area contributed by atoms with Crippen molar-refractivity contribution in [1.82, 2.24) is 0 Å². The van der Waals surface area contributed by atoms with Gasteiger partial charge in [0.2, 0.25) is 0 Å². The summed E-state index contributed by atoms with van der Waals surface area (Å²) in [6, 6.07) is 4.82. The second kappa shape index (κ2) is 7.85. The fraction of sp³-hybridized carbons (Fsp3) is 0.529. The van der Waals surface area contributed by atoms with Crippen LogP contribution in [0.3, 0.4) is 0 Å². The van der Waals surface area contributed by atoms with Gasteiger partial charge in [0.25, 0.3) is 0 Å². The largest absolute Gasteiger partial charge is 0.493 e. The number of carbonyl (C=O) groups is 2. The average molecular weight is 324 g/mol. The van der Waals surface area contributed by atoms with E-state index in [1.165, 1.54) is 14.2 Å². The van der Waals surface area contributed by atoms with Crippen LogP contribution in [0.5, 0.6) is 11.5 Å². The lowest BCUT2D eigenvalue weighted by molar-refractivity contribution is -0.164. The van der Waals surface area contributed by atoms with E-state index < -0.39 is 23.5 Å². The normalized spacial score (nSPS) is 12.3. The van der Waals surface area contributed by atoms with E-state index in [0.29, 0.717) is 17.1 Å². The van der Waals surface area contributed by atoms with E-state index in [4.69, 9.17) is 18.9 Å². The fourth-order valence-corrected chi connectivity index (χ4v) is 1.99. The van der Waals surface area contributed by atoms with Crippen molar-refractivity contribution in [2.75, 3.05) is 20.8 Å². The van der Waals surface area contributed by atoms with Crippen LogP contribution in [0.25, 0.3) is 0 Å². The highest BCUT2D eigenvalue weighted by molar-refractivity contribution is 6.01. The van der Waals surface area contributed by atoms with Gasteiger partial charge < -0.3 is 18.9 Å². The molecule has 0 heterocycles. The lowest BCUT2D eigenvalue weighted by Gasteiger charge is -2.23. The summed E-state index contributed by atoms with van der Waals surface area (Å²) >= 11 is 0. The molecule has 0 saturated carbocycles. The van der Waals surface area contributed by atoms with Crippen molar-refractivity contribution < 1.29 is 28.5 Å². The van der Waals surface area contributed by atoms with Gasteiger partial charge in [-0.25, -0.2) is 0 Å². The summed E-state index contributed by atoms with van der Waals surface area (Å²) < 4.78 is 20.7. The Kier molecular flexibility index (Phi) is 6.42. The second-order valence-corrected chi connectivity index (χ2v) is 5.83. The summed E-state index contributed by atoms with van der Waals surface area (Å²) in [5, 5.41) is 0. The molecule has 0 aromatic heterocycles. The lowest BCUT2D eigenvalue weighted by atomic mass is 9.98. The molecule has 0 aliphatic carbocycles. The van der Waals surface area contributed by atoms with Gasteiger partial charge in [0.15, 0.2) is 17.4 Å². The van der Waals surface area contributed by atoms with E-state index in [0.717, 1.165) is 0 Å². The molecule has 1 rings (SSSR count). The monoisotopic (exact) mass is 324 g/mol. The molecule has 6 nitrogen and oxygen atoms in total. The van der Waals surface area contributed by atoms with Gasteiger partial charge >= 0.3 is 11.9 Å². The van der Waals surface area contributed by atoms with Crippen LogP contribution in [0.15, 0.2) is 18.2 Å². The van der Waals surface area contributed by atoms with Crippen molar-refractivity contribution >= 4 is 11.9 Å². The average Bonchev–Trinajstić information content (AvgIpc) is 2.45. The van der Waals surface area contributed by atoms with Crippen LogP contribution in [0.2, 0.25) is 0 Å². The predicted molar refractivity (Wildman–Crippen MR) is 84.8 cm³/mol. The summed E-state index contributed by atoms with van der Waals surface area (Å²) in [6.45, 7) is 7.06. The Morgan fingerprint density at radius 1 is 1.04 bits per heavy atom. The first-order chi connectivity index (χ1) is 10.7. The maximum Gasteiger partial charge on any atom is 0.325 e. The molecular weight excluding hydrogens is 300 g/mol. The molecule has 0 radical (unpaired) electrons. The Morgan fingerprint density at radius 3 is 2.13 bits per heavy atom. The third-order valence-electron chi connectivity index (χ3n) is 2.91. The summed E-state index contributed by atoms with van der Waals surface area (Å²) in [5.41, 5.74) is -0.284. The predicted octanol–water partition coefficient (Wildman–Crippen LogP) is 2.69. The molecule has 0 fully saturated rings. The molecule has 0 N–H and O–H groups in total. The molecule has 1 unspecified atom stereocenters. The van der Waals surface area contributed by atoms with Crippen LogP contribution in [0.1, 0.15) is 39.2 Å². The number of methoxy groups -OCH3 is 2. The summed E-state index contributed by atoms with van der Waals surface area (Å²) in [5.74, 6) is -1.57.